The number of aromatic amines is 1. The van der Waals surface area contributed by atoms with E-state index in [1.54, 1.807) is 25.3 Å². The molecule has 0 bridgehead atoms. The largest absolute Gasteiger partial charge is 0.494 e. The van der Waals surface area contributed by atoms with Crippen LogP contribution in [0.5, 0.6) is 0 Å². The van der Waals surface area contributed by atoms with Gasteiger partial charge >= 0.3 is 0 Å². The van der Waals surface area contributed by atoms with Crippen molar-refractivity contribution in [3.63, 3.8) is 0 Å². The molecule has 0 radical (unpaired) electrons. The predicted molar refractivity (Wildman–Crippen MR) is 93.0 cm³/mol. The number of nitrogens with one attached hydrogen (secondary N) is 1. The maximum Gasteiger partial charge on any atom is 0.270 e. The van der Waals surface area contributed by atoms with E-state index in [0.717, 1.165) is 17.0 Å². The first kappa shape index (κ1) is 15.7. The number of aliphatic imine (C=N–C) groups is 1. The number of nitro groups is 1. The minimum Gasteiger partial charge on any atom is -0.494 e. The van der Waals surface area contributed by atoms with Crippen LogP contribution in [-0.4, -0.2) is 22.7 Å². The number of H-pyrrole nitrogens is 1. The van der Waals surface area contributed by atoms with Crippen LogP contribution in [0.25, 0.3) is 6.08 Å². The first-order chi connectivity index (χ1) is 11.5. The summed E-state index contributed by atoms with van der Waals surface area (Å²) in [6.45, 7) is 4.01. The quantitative estimate of drug-likeness (QED) is 0.684. The summed E-state index contributed by atoms with van der Waals surface area (Å²) < 4.78 is 5.40. The van der Waals surface area contributed by atoms with Crippen molar-refractivity contribution in [1.29, 1.82) is 0 Å². The van der Waals surface area contributed by atoms with E-state index in [9.17, 15) is 10.1 Å². The second-order valence-electron chi connectivity index (χ2n) is 5.60. The molecule has 1 N–H and O–H groups in total. The van der Waals surface area contributed by atoms with Crippen molar-refractivity contribution in [2.24, 2.45) is 4.99 Å². The van der Waals surface area contributed by atoms with Crippen molar-refractivity contribution in [2.45, 2.75) is 13.8 Å². The Labute approximate surface area is 139 Å². The number of aryl methyl sites for hydroxylation is 2. The second kappa shape index (κ2) is 6.16. The Kier molecular flexibility index (Phi) is 4.04. The summed E-state index contributed by atoms with van der Waals surface area (Å²) in [6, 6.07) is 8.47. The van der Waals surface area contributed by atoms with E-state index in [0.29, 0.717) is 22.7 Å². The zero-order valence-electron chi connectivity index (χ0n) is 13.7. The molecule has 1 aromatic heterocycles. The zero-order valence-corrected chi connectivity index (χ0v) is 13.7. The number of non-ortho nitro benzene ring substituents is 1. The summed E-state index contributed by atoms with van der Waals surface area (Å²) in [7, 11) is 1.58. The van der Waals surface area contributed by atoms with Crippen LogP contribution in [-0.2, 0) is 4.74 Å². The second-order valence-corrected chi connectivity index (χ2v) is 5.60. The number of methoxy groups -OCH3 is 1. The summed E-state index contributed by atoms with van der Waals surface area (Å²) in [5.41, 5.74) is 5.20. The van der Waals surface area contributed by atoms with E-state index < -0.39 is 4.92 Å². The van der Waals surface area contributed by atoms with Gasteiger partial charge in [-0.15, -0.1) is 0 Å². The number of benzene rings is 1. The average Bonchev–Trinajstić information content (AvgIpc) is 3.10. The lowest BCUT2D eigenvalue weighted by molar-refractivity contribution is -0.384. The zero-order chi connectivity index (χ0) is 17.3. The number of nitrogens with zero attached hydrogens (tertiary/aromatic N) is 2. The minimum absolute atomic E-state index is 0.0378. The third-order valence-corrected chi connectivity index (χ3v) is 3.80. The molecule has 2 heterocycles. The van der Waals surface area contributed by atoms with E-state index in [-0.39, 0.29) is 5.69 Å². The molecule has 0 saturated heterocycles. The van der Waals surface area contributed by atoms with Gasteiger partial charge in [0, 0.05) is 35.2 Å². The maximum absolute atomic E-state index is 10.9. The molecule has 0 saturated carbocycles. The SMILES string of the molecule is COC1=CC(c2cccc([N+](=O)[O-])c2)=NC1=Cc1[nH]c(C)cc1C. The normalized spacial score (nSPS) is 15.4. The molecule has 2 aromatic rings. The Balaban J connectivity index is 2.02. The lowest BCUT2D eigenvalue weighted by Gasteiger charge is -2.01. The van der Waals surface area contributed by atoms with E-state index in [1.807, 2.05) is 19.9 Å². The van der Waals surface area contributed by atoms with Gasteiger partial charge in [-0.1, -0.05) is 12.1 Å². The van der Waals surface area contributed by atoms with Gasteiger partial charge in [-0.25, -0.2) is 4.99 Å². The smallest absolute Gasteiger partial charge is 0.270 e. The van der Waals surface area contributed by atoms with Crippen LogP contribution >= 0.6 is 0 Å². The van der Waals surface area contributed by atoms with Gasteiger partial charge in [-0.3, -0.25) is 10.1 Å². The standard InChI is InChI=1S/C18H17N3O3/c1-11-7-12(2)19-15(11)9-17-18(24-3)10-16(20-17)13-5-4-6-14(8-13)21(22)23/h4-10,19H,1-3H3. The number of hydrogen-bond acceptors (Lipinski definition) is 4. The molecule has 0 fully saturated rings. The molecule has 24 heavy (non-hydrogen) atoms. The Morgan fingerprint density at radius 1 is 1.29 bits per heavy atom. The Hall–Kier alpha value is -3.15. The highest BCUT2D eigenvalue weighted by Gasteiger charge is 2.18. The summed E-state index contributed by atoms with van der Waals surface area (Å²) in [5, 5.41) is 10.9. The molecule has 1 aliphatic heterocycles. The Morgan fingerprint density at radius 2 is 2.08 bits per heavy atom. The van der Waals surface area contributed by atoms with Gasteiger partial charge in [0.05, 0.1) is 17.7 Å². The maximum atomic E-state index is 10.9. The van der Waals surface area contributed by atoms with Crippen molar-refractivity contribution in [3.05, 3.63) is 80.5 Å². The molecule has 0 atom stereocenters. The number of allylic oxidation sites excluding steroid dienone is 1. The van der Waals surface area contributed by atoms with E-state index in [1.165, 1.54) is 12.1 Å². The van der Waals surface area contributed by atoms with Crippen LogP contribution in [0.3, 0.4) is 0 Å². The molecular formula is C18H17N3O3. The van der Waals surface area contributed by atoms with Gasteiger partial charge in [0.2, 0.25) is 0 Å². The fraction of sp³-hybridized carbons (Fsp3) is 0.167. The molecule has 6 nitrogen and oxygen atoms in total. The van der Waals surface area contributed by atoms with Gasteiger partial charge in [-0.05, 0) is 31.6 Å². The van der Waals surface area contributed by atoms with Crippen LogP contribution in [0.1, 0.15) is 22.5 Å². The first-order valence-corrected chi connectivity index (χ1v) is 7.45. The highest BCUT2D eigenvalue weighted by Crippen LogP contribution is 2.27. The topological polar surface area (TPSA) is 80.5 Å². The van der Waals surface area contributed by atoms with Crippen LogP contribution in [0, 0.1) is 24.0 Å². The van der Waals surface area contributed by atoms with E-state index in [4.69, 9.17) is 4.74 Å². The first-order valence-electron chi connectivity index (χ1n) is 7.45. The number of aromatic nitrogens is 1. The number of hydrogen-bond donors (Lipinski definition) is 1. The molecule has 1 aromatic carbocycles. The van der Waals surface area contributed by atoms with Gasteiger partial charge in [0.1, 0.15) is 11.5 Å². The lowest BCUT2D eigenvalue weighted by atomic mass is 10.1. The third kappa shape index (κ3) is 2.99. The Morgan fingerprint density at radius 3 is 2.71 bits per heavy atom. The highest BCUT2D eigenvalue weighted by molar-refractivity contribution is 6.12. The molecule has 3 rings (SSSR count). The van der Waals surface area contributed by atoms with Crippen molar-refractivity contribution in [2.75, 3.05) is 7.11 Å². The Bertz CT molecular complexity index is 904. The molecular weight excluding hydrogens is 306 g/mol. The van der Waals surface area contributed by atoms with Crippen molar-refractivity contribution >= 4 is 17.5 Å². The van der Waals surface area contributed by atoms with E-state index in [2.05, 4.69) is 16.0 Å². The van der Waals surface area contributed by atoms with Gasteiger partial charge < -0.3 is 9.72 Å². The van der Waals surface area contributed by atoms with Crippen LogP contribution in [0.15, 0.2) is 52.9 Å². The number of rotatable bonds is 4. The molecule has 6 heteroatoms. The van der Waals surface area contributed by atoms with Crippen LogP contribution in [0.2, 0.25) is 0 Å². The molecule has 0 spiro atoms. The summed E-state index contributed by atoms with van der Waals surface area (Å²) in [6.07, 6.45) is 3.71. The van der Waals surface area contributed by atoms with Crippen molar-refractivity contribution < 1.29 is 9.66 Å². The molecule has 1 aliphatic rings. The van der Waals surface area contributed by atoms with Gasteiger partial charge in [0.15, 0.2) is 0 Å². The minimum atomic E-state index is -0.415. The molecule has 0 unspecified atom stereocenters. The van der Waals surface area contributed by atoms with Crippen LogP contribution < -0.4 is 0 Å². The van der Waals surface area contributed by atoms with E-state index >= 15 is 0 Å². The van der Waals surface area contributed by atoms with Crippen LogP contribution in [0.4, 0.5) is 5.69 Å². The molecule has 0 aliphatic carbocycles. The molecule has 0 amide bonds. The van der Waals surface area contributed by atoms with Crippen molar-refractivity contribution in [1.82, 2.24) is 4.98 Å². The third-order valence-electron chi connectivity index (χ3n) is 3.80. The summed E-state index contributed by atoms with van der Waals surface area (Å²) >= 11 is 0. The van der Waals surface area contributed by atoms with Gasteiger partial charge in [0.25, 0.3) is 5.69 Å². The number of nitro benzene ring substituents is 1. The molecule has 122 valence electrons. The summed E-state index contributed by atoms with van der Waals surface area (Å²) in [4.78, 5) is 18.4. The lowest BCUT2D eigenvalue weighted by Crippen LogP contribution is -1.96. The fourth-order valence-corrected chi connectivity index (χ4v) is 2.65. The average molecular weight is 323 g/mol. The summed E-state index contributed by atoms with van der Waals surface area (Å²) in [5.74, 6) is 0.628. The highest BCUT2D eigenvalue weighted by atomic mass is 16.6. The predicted octanol–water partition coefficient (Wildman–Crippen LogP) is 3.91. The number of ether oxygens (including phenoxy) is 1. The monoisotopic (exact) mass is 323 g/mol. The van der Waals surface area contributed by atoms with Gasteiger partial charge in [-0.2, -0.15) is 0 Å². The fourth-order valence-electron chi connectivity index (χ4n) is 2.65. The van der Waals surface area contributed by atoms with Crippen molar-refractivity contribution in [3.8, 4) is 0 Å².